The normalized spacial score (nSPS) is 18.8. The van der Waals surface area contributed by atoms with E-state index in [-0.39, 0.29) is 43.7 Å². The Balaban J connectivity index is 2.47. The number of benzene rings is 1. The number of piperidine rings is 1. The minimum absolute atomic E-state index is 0.0161. The molecule has 2 atom stereocenters. The first kappa shape index (κ1) is 27.8. The Morgan fingerprint density at radius 3 is 2.09 bits per heavy atom. The smallest absolute Gasteiger partial charge is 0.410 e. The number of ether oxygens (including phenoxy) is 3. The first-order valence-electron chi connectivity index (χ1n) is 11.6. The number of likely N-dealkylation sites (tertiary alicyclic amines) is 1. The summed E-state index contributed by atoms with van der Waals surface area (Å²) in [5, 5.41) is 10.3. The van der Waals surface area contributed by atoms with Crippen molar-refractivity contribution in [2.45, 2.75) is 53.1 Å². The number of hydrogen-bond acceptors (Lipinski definition) is 8. The summed E-state index contributed by atoms with van der Waals surface area (Å²) in [6.07, 6.45) is -0.495. The second kappa shape index (κ2) is 11.3. The van der Waals surface area contributed by atoms with Gasteiger partial charge in [0.1, 0.15) is 16.9 Å². The number of amides is 1. The summed E-state index contributed by atoms with van der Waals surface area (Å²) in [7, 11) is 0. The molecule has 0 saturated carbocycles. The quantitative estimate of drug-likeness (QED) is 0.251. The summed E-state index contributed by atoms with van der Waals surface area (Å²) < 4.78 is 15.4. The highest BCUT2D eigenvalue weighted by Crippen LogP contribution is 2.41. The Morgan fingerprint density at radius 2 is 1.57 bits per heavy atom. The van der Waals surface area contributed by atoms with Crippen LogP contribution in [0, 0.1) is 11.3 Å². The lowest BCUT2D eigenvalue weighted by molar-refractivity contribution is -0.166. The molecule has 0 aromatic heterocycles. The van der Waals surface area contributed by atoms with Gasteiger partial charge in [-0.25, -0.2) is 9.59 Å². The van der Waals surface area contributed by atoms with Gasteiger partial charge < -0.3 is 24.2 Å². The molecule has 2 rings (SSSR count). The van der Waals surface area contributed by atoms with Gasteiger partial charge in [0, 0.05) is 18.7 Å². The van der Waals surface area contributed by atoms with E-state index in [2.05, 4.69) is 0 Å². The van der Waals surface area contributed by atoms with Gasteiger partial charge in [-0.05, 0) is 59.6 Å². The third-order valence-electron chi connectivity index (χ3n) is 5.62. The molecule has 0 spiro atoms. The van der Waals surface area contributed by atoms with Gasteiger partial charge in [0.2, 0.25) is 0 Å². The molecule has 1 aliphatic heterocycles. The molecule has 1 N–H and O–H groups in total. The van der Waals surface area contributed by atoms with Crippen molar-refractivity contribution in [1.29, 1.82) is 0 Å². The summed E-state index contributed by atoms with van der Waals surface area (Å²) in [6.45, 7) is 8.22. The SMILES string of the molecule is CCOC(=O)c1ccc(C(=O)C(C(=O)OCC)[C@]2(C(=O)O)CCCN(C(=O)OC(C)(C)C)C2)cc1. The molecule has 0 aliphatic carbocycles. The van der Waals surface area contributed by atoms with Crippen molar-refractivity contribution < 1.29 is 43.3 Å². The maximum absolute atomic E-state index is 13.6. The van der Waals surface area contributed by atoms with Crippen LogP contribution < -0.4 is 0 Å². The van der Waals surface area contributed by atoms with Crippen LogP contribution in [0.4, 0.5) is 4.79 Å². The number of ketones is 1. The summed E-state index contributed by atoms with van der Waals surface area (Å²) >= 11 is 0. The van der Waals surface area contributed by atoms with E-state index in [1.165, 1.54) is 29.2 Å². The van der Waals surface area contributed by atoms with Crippen molar-refractivity contribution in [3.05, 3.63) is 35.4 Å². The van der Waals surface area contributed by atoms with E-state index in [1.807, 2.05) is 0 Å². The summed E-state index contributed by atoms with van der Waals surface area (Å²) in [6, 6.07) is 5.42. The first-order valence-corrected chi connectivity index (χ1v) is 11.6. The lowest BCUT2D eigenvalue weighted by Gasteiger charge is -2.42. The standard InChI is InChI=1S/C25H33NO9/c1-6-33-20(28)17-11-9-16(10-12-17)19(27)18(21(29)34-7-2)25(22(30)31)13-8-14-26(15-25)23(32)35-24(3,4)5/h9-12,18H,6-8,13-15H2,1-5H3,(H,30,31)/t18?,25-/m0/s1. The zero-order valence-corrected chi connectivity index (χ0v) is 20.8. The van der Waals surface area contributed by atoms with E-state index in [0.717, 1.165) is 0 Å². The van der Waals surface area contributed by atoms with E-state index in [4.69, 9.17) is 14.2 Å². The van der Waals surface area contributed by atoms with Crippen molar-refractivity contribution in [3.8, 4) is 0 Å². The largest absolute Gasteiger partial charge is 0.481 e. The third kappa shape index (κ3) is 6.58. The number of nitrogens with zero attached hydrogens (tertiary/aromatic N) is 1. The van der Waals surface area contributed by atoms with Crippen LogP contribution in [0.25, 0.3) is 0 Å². The molecule has 0 radical (unpaired) electrons. The van der Waals surface area contributed by atoms with Gasteiger partial charge in [0.15, 0.2) is 5.78 Å². The maximum atomic E-state index is 13.6. The van der Waals surface area contributed by atoms with Crippen molar-refractivity contribution in [2.75, 3.05) is 26.3 Å². The lowest BCUT2D eigenvalue weighted by atomic mass is 9.67. The second-order valence-corrected chi connectivity index (χ2v) is 9.31. The van der Waals surface area contributed by atoms with Gasteiger partial charge in [-0.3, -0.25) is 14.4 Å². The first-order chi connectivity index (χ1) is 16.4. The van der Waals surface area contributed by atoms with Crippen LogP contribution >= 0.6 is 0 Å². The van der Waals surface area contributed by atoms with Crippen molar-refractivity contribution in [3.63, 3.8) is 0 Å². The fourth-order valence-electron chi connectivity index (χ4n) is 4.06. The zero-order valence-electron chi connectivity index (χ0n) is 20.8. The fraction of sp³-hybridized carbons (Fsp3) is 0.560. The Kier molecular flexibility index (Phi) is 9.00. The molecular weight excluding hydrogens is 458 g/mol. The topological polar surface area (TPSA) is 137 Å². The predicted molar refractivity (Wildman–Crippen MR) is 124 cm³/mol. The molecule has 1 saturated heterocycles. The van der Waals surface area contributed by atoms with Crippen LogP contribution in [-0.2, 0) is 23.8 Å². The zero-order chi connectivity index (χ0) is 26.4. The Hall–Kier alpha value is -3.43. The molecule has 1 heterocycles. The highest BCUT2D eigenvalue weighted by Gasteiger charge is 2.56. The highest BCUT2D eigenvalue weighted by atomic mass is 16.6. The molecule has 1 fully saturated rings. The minimum atomic E-state index is -1.92. The molecule has 0 bridgehead atoms. The lowest BCUT2D eigenvalue weighted by Crippen LogP contribution is -2.58. The van der Waals surface area contributed by atoms with Crippen LogP contribution in [0.1, 0.15) is 68.2 Å². The molecular formula is C25H33NO9. The number of Topliss-reactive ketones (excluding diaryl/α,β-unsaturated/α-hetero) is 1. The van der Waals surface area contributed by atoms with Crippen LogP contribution in [0.15, 0.2) is 24.3 Å². The van der Waals surface area contributed by atoms with Gasteiger partial charge in [-0.1, -0.05) is 12.1 Å². The monoisotopic (exact) mass is 491 g/mol. The van der Waals surface area contributed by atoms with E-state index >= 15 is 0 Å². The van der Waals surface area contributed by atoms with Crippen molar-refractivity contribution in [1.82, 2.24) is 4.90 Å². The maximum Gasteiger partial charge on any atom is 0.410 e. The number of aliphatic carboxylic acids is 1. The van der Waals surface area contributed by atoms with Gasteiger partial charge in [-0.15, -0.1) is 0 Å². The van der Waals surface area contributed by atoms with Gasteiger partial charge >= 0.3 is 24.0 Å². The number of carbonyl (C=O) groups excluding carboxylic acids is 4. The van der Waals surface area contributed by atoms with Crippen LogP contribution in [-0.4, -0.2) is 71.7 Å². The third-order valence-corrected chi connectivity index (χ3v) is 5.62. The molecule has 1 aromatic carbocycles. The van der Waals surface area contributed by atoms with E-state index in [0.29, 0.717) is 0 Å². The van der Waals surface area contributed by atoms with E-state index < -0.39 is 53.3 Å². The molecule has 1 amide bonds. The Labute approximate surface area is 204 Å². The number of esters is 2. The second-order valence-electron chi connectivity index (χ2n) is 9.31. The van der Waals surface area contributed by atoms with Crippen molar-refractivity contribution in [2.24, 2.45) is 11.3 Å². The Bertz CT molecular complexity index is 964. The van der Waals surface area contributed by atoms with Gasteiger partial charge in [0.05, 0.1) is 18.8 Å². The average Bonchev–Trinajstić information content (AvgIpc) is 2.78. The molecule has 10 heteroatoms. The summed E-state index contributed by atoms with van der Waals surface area (Å²) in [4.78, 5) is 65.1. The van der Waals surface area contributed by atoms with Crippen LogP contribution in [0.5, 0.6) is 0 Å². The average molecular weight is 492 g/mol. The van der Waals surface area contributed by atoms with Gasteiger partial charge in [0.25, 0.3) is 0 Å². The van der Waals surface area contributed by atoms with E-state index in [9.17, 15) is 29.1 Å². The van der Waals surface area contributed by atoms with Gasteiger partial charge in [-0.2, -0.15) is 0 Å². The molecule has 192 valence electrons. The summed E-state index contributed by atoms with van der Waals surface area (Å²) in [5.74, 6) is -5.43. The van der Waals surface area contributed by atoms with Crippen LogP contribution in [0.3, 0.4) is 0 Å². The van der Waals surface area contributed by atoms with Crippen LogP contribution in [0.2, 0.25) is 0 Å². The van der Waals surface area contributed by atoms with Crippen molar-refractivity contribution >= 4 is 29.8 Å². The predicted octanol–water partition coefficient (Wildman–Crippen LogP) is 3.33. The summed E-state index contributed by atoms with van der Waals surface area (Å²) in [5.41, 5.74) is -2.49. The number of hydrogen-bond donors (Lipinski definition) is 1. The minimum Gasteiger partial charge on any atom is -0.481 e. The fourth-order valence-corrected chi connectivity index (χ4v) is 4.06. The number of carboxylic acid groups (broad SMARTS) is 1. The molecule has 1 unspecified atom stereocenters. The highest BCUT2D eigenvalue weighted by molar-refractivity contribution is 6.12. The molecule has 1 aliphatic rings. The number of carbonyl (C=O) groups is 5. The molecule has 35 heavy (non-hydrogen) atoms. The molecule has 1 aromatic rings. The molecule has 10 nitrogen and oxygen atoms in total. The Morgan fingerprint density at radius 1 is 1.00 bits per heavy atom. The van der Waals surface area contributed by atoms with E-state index in [1.54, 1.807) is 34.6 Å². The number of rotatable bonds is 8. The number of carboxylic acids is 1.